The zero-order valence-corrected chi connectivity index (χ0v) is 34.9. The number of carbonyl (C=O) groups excluding carboxylic acids is 1. The summed E-state index contributed by atoms with van der Waals surface area (Å²) < 4.78 is 34.0. The van der Waals surface area contributed by atoms with Gasteiger partial charge in [-0.3, -0.25) is 9.78 Å². The van der Waals surface area contributed by atoms with Crippen molar-refractivity contribution in [3.63, 3.8) is 0 Å². The third-order valence-corrected chi connectivity index (χ3v) is 12.8. The molecule has 0 saturated carbocycles. The van der Waals surface area contributed by atoms with Crippen molar-refractivity contribution in [3.8, 4) is 0 Å². The summed E-state index contributed by atoms with van der Waals surface area (Å²) in [5.41, 5.74) is -2.73. The first-order valence-electron chi connectivity index (χ1n) is 19.8. The van der Waals surface area contributed by atoms with Crippen LogP contribution in [0.2, 0.25) is 5.15 Å². The number of aliphatic hydroxyl groups excluding tert-OH is 2. The minimum absolute atomic E-state index is 0.00127. The maximum Gasteiger partial charge on any atom is 0.311 e. The largest absolute Gasteiger partial charge is 0.459 e. The topological polar surface area (TPSA) is 159 Å². The van der Waals surface area contributed by atoms with E-state index in [0.717, 1.165) is 0 Å². The summed E-state index contributed by atoms with van der Waals surface area (Å²) >= 11 is 6.22. The van der Waals surface area contributed by atoms with Crippen LogP contribution in [0.3, 0.4) is 0 Å². The van der Waals surface area contributed by atoms with E-state index in [4.69, 9.17) is 35.3 Å². The number of likely N-dealkylation sites (N-methyl/N-ethyl adjacent to an activating group) is 2. The van der Waals surface area contributed by atoms with E-state index in [1.54, 1.807) is 13.1 Å². The highest BCUT2D eigenvalue weighted by Crippen LogP contribution is 2.48. The first-order chi connectivity index (χ1) is 25.2. The standard InChI is InChI=1S/C39H66ClN5O9/c1-12-28-38(8,49)33(47)26(6)44(11)21-22(2)18-37(7)34(52-36-31(46)27(43(9)10)17-23(3)50-36)24(4)32(25(5)35(48)51-28)53-39(54-37)13-15-45(16-14-39)30-20-41-19-29(40)42-30/h19-20,22-28,31-34,36,46-47,49H,12-18,21H2,1-11H3/t22-,23-,24+,25-,26-,27?,28-,31-,32+,33-,34-,36+,37-,38-/m1/s1. The van der Waals surface area contributed by atoms with Crippen molar-refractivity contribution in [1.29, 1.82) is 0 Å². The zero-order chi connectivity index (χ0) is 39.9. The number of aromatic nitrogens is 2. The lowest BCUT2D eigenvalue weighted by Gasteiger charge is -2.49. The number of halogens is 1. The lowest BCUT2D eigenvalue weighted by atomic mass is 9.78. The van der Waals surface area contributed by atoms with Gasteiger partial charge in [0.15, 0.2) is 12.1 Å². The maximum absolute atomic E-state index is 14.3. The van der Waals surface area contributed by atoms with Crippen LogP contribution in [0.15, 0.2) is 12.4 Å². The van der Waals surface area contributed by atoms with Crippen LogP contribution in [0, 0.1) is 17.8 Å². The average Bonchev–Trinajstić information content (AvgIpc) is 3.18. The van der Waals surface area contributed by atoms with E-state index >= 15 is 0 Å². The highest BCUT2D eigenvalue weighted by molar-refractivity contribution is 6.29. The van der Waals surface area contributed by atoms with Crippen molar-refractivity contribution in [3.05, 3.63) is 17.5 Å². The Labute approximate surface area is 326 Å². The van der Waals surface area contributed by atoms with Gasteiger partial charge in [-0.25, -0.2) is 4.98 Å². The van der Waals surface area contributed by atoms with Crippen molar-refractivity contribution in [2.45, 2.75) is 159 Å². The molecular weight excluding hydrogens is 718 g/mol. The number of anilines is 1. The number of carbonyl (C=O) groups is 1. The molecule has 5 heterocycles. The molecule has 3 N–H and O–H groups in total. The fraction of sp³-hybridized carbons (Fsp3) is 0.872. The van der Waals surface area contributed by atoms with Gasteiger partial charge in [0.25, 0.3) is 0 Å². The van der Waals surface area contributed by atoms with Crippen LogP contribution < -0.4 is 4.90 Å². The minimum Gasteiger partial charge on any atom is -0.459 e. The van der Waals surface area contributed by atoms with Crippen LogP contribution >= 0.6 is 11.6 Å². The van der Waals surface area contributed by atoms with Crippen LogP contribution in [0.1, 0.15) is 87.5 Å². The molecule has 308 valence electrons. The summed E-state index contributed by atoms with van der Waals surface area (Å²) in [5.74, 6) is -2.32. The number of fused-ring (bicyclic) bond motifs is 3. The molecule has 1 spiro atoms. The van der Waals surface area contributed by atoms with E-state index in [-0.39, 0.29) is 24.5 Å². The molecule has 1 aromatic rings. The Morgan fingerprint density at radius 2 is 1.76 bits per heavy atom. The van der Waals surface area contributed by atoms with Gasteiger partial charge in [-0.15, -0.1) is 0 Å². The van der Waals surface area contributed by atoms with E-state index in [9.17, 15) is 20.1 Å². The number of ether oxygens (including phenoxy) is 5. The Morgan fingerprint density at radius 1 is 1.09 bits per heavy atom. The van der Waals surface area contributed by atoms with Gasteiger partial charge in [0.1, 0.15) is 34.9 Å². The van der Waals surface area contributed by atoms with Gasteiger partial charge in [0.2, 0.25) is 0 Å². The summed E-state index contributed by atoms with van der Waals surface area (Å²) in [5, 5.41) is 35.3. The second-order valence-corrected chi connectivity index (χ2v) is 17.8. The number of aliphatic hydroxyl groups is 3. The zero-order valence-electron chi connectivity index (χ0n) is 34.1. The molecule has 14 atom stereocenters. The molecule has 0 aliphatic carbocycles. The molecule has 54 heavy (non-hydrogen) atoms. The summed E-state index contributed by atoms with van der Waals surface area (Å²) in [7, 11) is 5.80. The van der Waals surface area contributed by atoms with Gasteiger partial charge in [-0.2, -0.15) is 0 Å². The van der Waals surface area contributed by atoms with E-state index < -0.39 is 77.6 Å². The average molecular weight is 784 g/mol. The van der Waals surface area contributed by atoms with Gasteiger partial charge in [0.05, 0.1) is 42.2 Å². The van der Waals surface area contributed by atoms with E-state index in [1.807, 2.05) is 65.6 Å². The molecule has 1 unspecified atom stereocenters. The quantitative estimate of drug-likeness (QED) is 0.373. The molecular formula is C39H66ClN5O9. The summed E-state index contributed by atoms with van der Waals surface area (Å²) in [6.07, 6.45) is -0.221. The number of nitrogens with zero attached hydrogens (tertiary/aromatic N) is 5. The summed E-state index contributed by atoms with van der Waals surface area (Å²) in [6.45, 7) is 16.8. The summed E-state index contributed by atoms with van der Waals surface area (Å²) in [4.78, 5) is 29.1. The Morgan fingerprint density at radius 3 is 2.37 bits per heavy atom. The smallest absolute Gasteiger partial charge is 0.311 e. The third-order valence-electron chi connectivity index (χ3n) is 12.6. The van der Waals surface area contributed by atoms with Crippen molar-refractivity contribution < 1.29 is 43.8 Å². The second-order valence-electron chi connectivity index (χ2n) is 17.4. The first kappa shape index (κ1) is 43.4. The van der Waals surface area contributed by atoms with Gasteiger partial charge in [-0.1, -0.05) is 32.4 Å². The van der Waals surface area contributed by atoms with Crippen LogP contribution in [-0.2, 0) is 28.5 Å². The van der Waals surface area contributed by atoms with E-state index in [0.29, 0.717) is 56.3 Å². The monoisotopic (exact) mass is 783 g/mol. The number of esters is 1. The second kappa shape index (κ2) is 17.0. The highest BCUT2D eigenvalue weighted by atomic mass is 35.5. The van der Waals surface area contributed by atoms with Gasteiger partial charge < -0.3 is 53.7 Å². The van der Waals surface area contributed by atoms with E-state index in [2.05, 4.69) is 21.8 Å². The Balaban J connectivity index is 1.61. The number of hydrogen-bond donors (Lipinski definition) is 3. The molecule has 4 aliphatic rings. The van der Waals surface area contributed by atoms with Gasteiger partial charge in [-0.05, 0) is 80.9 Å². The Hall–Kier alpha value is -1.72. The van der Waals surface area contributed by atoms with Crippen LogP contribution in [-0.4, -0.2) is 154 Å². The SMILES string of the molecule is CC[C@H]1OC(=O)[C@H](C)[C@H]2OC3(CCN(c4cncc(Cl)n4)CC3)O[C@](C)(C[C@@H](C)CN(C)[C@H](C)[C@@H](O)[C@]1(C)O)[C@H](O[C@@H]1O[C@H](C)CC(N(C)C)[C@H]1O)[C@H]2C. The van der Waals surface area contributed by atoms with Crippen molar-refractivity contribution in [2.24, 2.45) is 17.8 Å². The Kier molecular flexibility index (Phi) is 13.7. The normalized spacial score (nSPS) is 43.0. The predicted octanol–water partition coefficient (Wildman–Crippen LogP) is 3.48. The fourth-order valence-electron chi connectivity index (χ4n) is 9.49. The summed E-state index contributed by atoms with van der Waals surface area (Å²) in [6, 6.07) is -0.667. The molecule has 1 aromatic heterocycles. The predicted molar refractivity (Wildman–Crippen MR) is 204 cm³/mol. The van der Waals surface area contributed by atoms with Crippen molar-refractivity contribution in [2.75, 3.05) is 45.7 Å². The molecule has 0 radical (unpaired) electrons. The minimum atomic E-state index is -1.73. The molecule has 0 aromatic carbocycles. The first-order valence-corrected chi connectivity index (χ1v) is 20.2. The number of hydrogen-bond acceptors (Lipinski definition) is 14. The highest BCUT2D eigenvalue weighted by Gasteiger charge is 2.58. The molecule has 4 aliphatic heterocycles. The molecule has 2 bridgehead atoms. The van der Waals surface area contributed by atoms with Gasteiger partial charge >= 0.3 is 5.97 Å². The van der Waals surface area contributed by atoms with Crippen LogP contribution in [0.25, 0.3) is 0 Å². The maximum atomic E-state index is 14.3. The third kappa shape index (κ3) is 9.03. The lowest BCUT2D eigenvalue weighted by molar-refractivity contribution is -0.328. The van der Waals surface area contributed by atoms with Gasteiger partial charge in [0, 0.05) is 50.5 Å². The molecule has 0 amide bonds. The van der Waals surface area contributed by atoms with Crippen LogP contribution in [0.5, 0.6) is 0 Å². The van der Waals surface area contributed by atoms with Crippen molar-refractivity contribution >= 4 is 23.4 Å². The number of cyclic esters (lactones) is 1. The molecule has 4 saturated heterocycles. The number of piperidine rings is 1. The van der Waals surface area contributed by atoms with E-state index in [1.165, 1.54) is 13.1 Å². The van der Waals surface area contributed by atoms with Crippen LogP contribution in [0.4, 0.5) is 5.82 Å². The molecule has 14 nitrogen and oxygen atoms in total. The molecule has 4 fully saturated rings. The number of rotatable bonds is 5. The lowest BCUT2D eigenvalue weighted by Crippen LogP contribution is -2.60. The molecule has 5 rings (SSSR count). The van der Waals surface area contributed by atoms with Crippen molar-refractivity contribution in [1.82, 2.24) is 19.8 Å². The fourth-order valence-corrected chi connectivity index (χ4v) is 9.63. The molecule has 15 heteroatoms. The Bertz CT molecular complexity index is 1420.